The fourth-order valence-electron chi connectivity index (χ4n) is 3.67. The van der Waals surface area contributed by atoms with Crippen LogP contribution in [-0.2, 0) is 0 Å². The lowest BCUT2D eigenvalue weighted by Crippen LogP contribution is -2.29. The second-order valence-corrected chi connectivity index (χ2v) is 7.41. The summed E-state index contributed by atoms with van der Waals surface area (Å²) in [6.07, 6.45) is 16.2. The lowest BCUT2D eigenvalue weighted by Gasteiger charge is -2.25. The van der Waals surface area contributed by atoms with Crippen molar-refractivity contribution in [3.63, 3.8) is 0 Å². The van der Waals surface area contributed by atoms with Gasteiger partial charge < -0.3 is 0 Å². The van der Waals surface area contributed by atoms with E-state index in [0.717, 1.165) is 54.2 Å². The number of hydrogen-bond donors (Lipinski definition) is 0. The van der Waals surface area contributed by atoms with Crippen molar-refractivity contribution in [2.75, 3.05) is 4.90 Å². The summed E-state index contributed by atoms with van der Waals surface area (Å²) in [5, 5.41) is 9.38. The number of unbranched alkanes of at least 4 members (excludes halogenated alkanes) is 3. The number of halogens is 1. The summed E-state index contributed by atoms with van der Waals surface area (Å²) >= 11 is 6.25. The molecular formula is C21H24ClN5. The summed E-state index contributed by atoms with van der Waals surface area (Å²) in [5.74, 6) is 0.774. The molecular weight excluding hydrogens is 358 g/mol. The third-order valence-electron chi connectivity index (χ3n) is 5.06. The van der Waals surface area contributed by atoms with Gasteiger partial charge in [0.15, 0.2) is 5.82 Å². The van der Waals surface area contributed by atoms with Crippen LogP contribution in [0.5, 0.6) is 0 Å². The summed E-state index contributed by atoms with van der Waals surface area (Å²) in [5.41, 5.74) is 3.72. The third kappa shape index (κ3) is 3.74. The van der Waals surface area contributed by atoms with Gasteiger partial charge in [0.25, 0.3) is 0 Å². The minimum absolute atomic E-state index is 0.000240. The molecule has 0 radical (unpaired) electrons. The zero-order valence-corrected chi connectivity index (χ0v) is 16.4. The van der Waals surface area contributed by atoms with Crippen LogP contribution in [0.1, 0.15) is 57.6 Å². The van der Waals surface area contributed by atoms with Crippen molar-refractivity contribution in [1.29, 1.82) is 0 Å². The molecule has 0 bridgehead atoms. The molecule has 1 unspecified atom stereocenters. The minimum atomic E-state index is 0.000240. The van der Waals surface area contributed by atoms with E-state index in [4.69, 9.17) is 16.6 Å². The van der Waals surface area contributed by atoms with Crippen molar-refractivity contribution in [3.05, 3.63) is 58.8 Å². The number of hydrogen-bond acceptors (Lipinski definition) is 5. The Kier molecular flexibility index (Phi) is 5.48. The summed E-state index contributed by atoms with van der Waals surface area (Å²) in [6.45, 7) is 2.23. The largest absolute Gasteiger partial charge is 0.297 e. The van der Waals surface area contributed by atoms with Gasteiger partial charge in [-0.2, -0.15) is 5.11 Å². The number of anilines is 1. The number of rotatable bonds is 6. The van der Waals surface area contributed by atoms with Gasteiger partial charge >= 0.3 is 0 Å². The maximum atomic E-state index is 6.25. The van der Waals surface area contributed by atoms with E-state index in [1.54, 1.807) is 0 Å². The number of aromatic nitrogens is 1. The van der Waals surface area contributed by atoms with Gasteiger partial charge in [-0.25, -0.2) is 9.98 Å². The van der Waals surface area contributed by atoms with Gasteiger partial charge in [0.2, 0.25) is 0 Å². The van der Waals surface area contributed by atoms with Gasteiger partial charge in [-0.05, 0) is 43.4 Å². The molecule has 3 aliphatic rings. The van der Waals surface area contributed by atoms with E-state index in [2.05, 4.69) is 45.3 Å². The first-order chi connectivity index (χ1) is 13.3. The number of aliphatic imine (C=N–C) groups is 1. The number of fused-ring (bicyclic) bond motifs is 3. The van der Waals surface area contributed by atoms with E-state index < -0.39 is 0 Å². The highest BCUT2D eigenvalue weighted by Gasteiger charge is 2.33. The van der Waals surface area contributed by atoms with Gasteiger partial charge in [-0.1, -0.05) is 56.0 Å². The highest BCUT2D eigenvalue weighted by Crippen LogP contribution is 2.37. The van der Waals surface area contributed by atoms with Crippen molar-refractivity contribution < 1.29 is 0 Å². The molecule has 2 aliphatic heterocycles. The van der Waals surface area contributed by atoms with Crippen LogP contribution in [0.4, 0.5) is 5.69 Å². The van der Waals surface area contributed by atoms with E-state index in [9.17, 15) is 0 Å². The lowest BCUT2D eigenvalue weighted by molar-refractivity contribution is 0.557. The molecule has 0 saturated carbocycles. The lowest BCUT2D eigenvalue weighted by atomic mass is 9.99. The fraction of sp³-hybridized carbons (Fsp3) is 0.429. The maximum Gasteiger partial charge on any atom is 0.175 e. The Morgan fingerprint density at radius 1 is 1.19 bits per heavy atom. The van der Waals surface area contributed by atoms with Crippen LogP contribution in [0.15, 0.2) is 63.2 Å². The van der Waals surface area contributed by atoms with E-state index in [-0.39, 0.29) is 6.17 Å². The average molecular weight is 382 g/mol. The highest BCUT2D eigenvalue weighted by molar-refractivity contribution is 6.30. The van der Waals surface area contributed by atoms with E-state index >= 15 is 0 Å². The quantitative estimate of drug-likeness (QED) is 0.436. The predicted molar refractivity (Wildman–Crippen MR) is 110 cm³/mol. The van der Waals surface area contributed by atoms with Crippen molar-refractivity contribution >= 4 is 23.0 Å². The van der Waals surface area contributed by atoms with Crippen LogP contribution in [-0.4, -0.2) is 16.9 Å². The van der Waals surface area contributed by atoms with Gasteiger partial charge in [0.05, 0.1) is 17.6 Å². The van der Waals surface area contributed by atoms with Crippen LogP contribution < -0.4 is 4.90 Å². The molecule has 3 heterocycles. The Morgan fingerprint density at radius 2 is 2.11 bits per heavy atom. The topological polar surface area (TPSA) is 53.2 Å². The Labute approximate surface area is 165 Å². The molecule has 0 aromatic carbocycles. The Bertz CT molecular complexity index is 865. The zero-order valence-electron chi connectivity index (χ0n) is 15.6. The minimum Gasteiger partial charge on any atom is -0.297 e. The van der Waals surface area contributed by atoms with Crippen LogP contribution in [0.3, 0.4) is 0 Å². The van der Waals surface area contributed by atoms with Gasteiger partial charge in [-0.15, -0.1) is 5.11 Å². The monoisotopic (exact) mass is 381 g/mol. The van der Waals surface area contributed by atoms with Crippen LogP contribution in [0.2, 0.25) is 5.15 Å². The first-order valence-electron chi connectivity index (χ1n) is 9.80. The highest BCUT2D eigenvalue weighted by atomic mass is 35.5. The molecule has 0 N–H and O–H groups in total. The summed E-state index contributed by atoms with van der Waals surface area (Å²) in [4.78, 5) is 11.5. The molecule has 5 nitrogen and oxygen atoms in total. The van der Waals surface area contributed by atoms with Crippen LogP contribution in [0.25, 0.3) is 0 Å². The molecule has 140 valence electrons. The van der Waals surface area contributed by atoms with Crippen molar-refractivity contribution in [3.8, 4) is 0 Å². The molecule has 27 heavy (non-hydrogen) atoms. The normalized spacial score (nSPS) is 20.6. The second-order valence-electron chi connectivity index (χ2n) is 7.02. The van der Waals surface area contributed by atoms with E-state index in [1.807, 2.05) is 18.3 Å². The average Bonchev–Trinajstić information content (AvgIpc) is 3.01. The number of nitrogens with zero attached hydrogens (tertiary/aromatic N) is 5. The predicted octanol–water partition coefficient (Wildman–Crippen LogP) is 6.18. The second kappa shape index (κ2) is 8.17. The summed E-state index contributed by atoms with van der Waals surface area (Å²) < 4.78 is 0. The molecule has 0 amide bonds. The van der Waals surface area contributed by atoms with E-state index in [0.29, 0.717) is 5.15 Å². The van der Waals surface area contributed by atoms with Gasteiger partial charge in [0.1, 0.15) is 17.0 Å². The third-order valence-corrected chi connectivity index (χ3v) is 5.27. The molecule has 0 saturated heterocycles. The zero-order chi connectivity index (χ0) is 18.6. The SMILES string of the molecule is CCCCCCC1N=NC2=CN=C(C3=CCCC=C3)c3nc(Cl)ccc3N21. The van der Waals surface area contributed by atoms with Gasteiger partial charge in [0, 0.05) is 0 Å². The number of azo groups is 1. The number of pyridine rings is 1. The van der Waals surface area contributed by atoms with E-state index in [1.165, 1.54) is 19.3 Å². The molecule has 4 rings (SSSR count). The molecule has 1 aromatic heterocycles. The standard InChI is InChI=1S/C21H24ClN5/c1-2-3-4-8-11-18-25-26-19-14-23-20(15-9-6-5-7-10-15)21-16(27(18)19)12-13-17(22)24-21/h6,9-10,12-14,18H,2-5,7-8,11H2,1H3. The van der Waals surface area contributed by atoms with Crippen LogP contribution in [0, 0.1) is 0 Å². The Morgan fingerprint density at radius 3 is 2.93 bits per heavy atom. The molecule has 1 atom stereocenters. The van der Waals surface area contributed by atoms with Crippen LogP contribution >= 0.6 is 11.6 Å². The van der Waals surface area contributed by atoms with Crippen molar-refractivity contribution in [2.24, 2.45) is 15.2 Å². The fourth-order valence-corrected chi connectivity index (χ4v) is 3.82. The van der Waals surface area contributed by atoms with Crippen molar-refractivity contribution in [1.82, 2.24) is 4.98 Å². The summed E-state index contributed by atoms with van der Waals surface area (Å²) in [7, 11) is 0. The molecule has 1 aliphatic carbocycles. The Hall–Kier alpha value is -2.27. The summed E-state index contributed by atoms with van der Waals surface area (Å²) in [6, 6.07) is 3.85. The molecule has 0 spiro atoms. The smallest absolute Gasteiger partial charge is 0.175 e. The van der Waals surface area contributed by atoms with Gasteiger partial charge in [-0.3, -0.25) is 4.90 Å². The maximum absolute atomic E-state index is 6.25. The molecule has 6 heteroatoms. The first kappa shape index (κ1) is 18.1. The Balaban J connectivity index is 1.69. The molecule has 1 aromatic rings. The molecule has 0 fully saturated rings. The van der Waals surface area contributed by atoms with Crippen molar-refractivity contribution in [2.45, 2.75) is 58.0 Å². The first-order valence-corrected chi connectivity index (χ1v) is 10.2. The number of allylic oxidation sites excluding steroid dienone is 4.